The zero-order valence-electron chi connectivity index (χ0n) is 19.7. The second kappa shape index (κ2) is 15.3. The second-order valence-corrected chi connectivity index (χ2v) is 8.11. The van der Waals surface area contributed by atoms with Gasteiger partial charge in [0.15, 0.2) is 12.4 Å². The summed E-state index contributed by atoms with van der Waals surface area (Å²) >= 11 is 0. The average Bonchev–Trinajstić information content (AvgIpc) is 2.81. The van der Waals surface area contributed by atoms with Crippen LogP contribution in [0.3, 0.4) is 0 Å². The van der Waals surface area contributed by atoms with Crippen LogP contribution < -0.4 is 0 Å². The fraction of sp³-hybridized carbons (Fsp3) is 0.720. The zero-order chi connectivity index (χ0) is 23.2. The van der Waals surface area contributed by atoms with Crippen LogP contribution in [0.1, 0.15) is 69.7 Å². The van der Waals surface area contributed by atoms with Gasteiger partial charge in [0.2, 0.25) is 0 Å². The molecule has 5 atom stereocenters. The van der Waals surface area contributed by atoms with Crippen LogP contribution in [0.4, 0.5) is 0 Å². The Hall–Kier alpha value is -1.51. The third-order valence-corrected chi connectivity index (χ3v) is 5.40. The van der Waals surface area contributed by atoms with Gasteiger partial charge < -0.3 is 28.8 Å². The van der Waals surface area contributed by atoms with Crippen LogP contribution in [0.25, 0.3) is 0 Å². The maximum Gasteiger partial charge on any atom is 0.338 e. The molecule has 0 radical (unpaired) electrons. The topological polar surface area (TPSA) is 83.5 Å². The van der Waals surface area contributed by atoms with Crippen LogP contribution in [0, 0.1) is 0 Å². The molecule has 3 unspecified atom stereocenters. The van der Waals surface area contributed by atoms with Crippen LogP contribution >= 0.6 is 0 Å². The van der Waals surface area contributed by atoms with Crippen molar-refractivity contribution in [2.75, 3.05) is 26.4 Å². The summed E-state index contributed by atoms with van der Waals surface area (Å²) in [5.41, 5.74) is 0.403. The summed E-state index contributed by atoms with van der Waals surface area (Å²) in [6.45, 7) is 8.17. The molecule has 182 valence electrons. The molecule has 7 heteroatoms. The second-order valence-electron chi connectivity index (χ2n) is 8.11. The number of rotatable bonds is 15. The highest BCUT2D eigenvalue weighted by atomic mass is 16.7. The third kappa shape index (κ3) is 8.45. The number of hydrogen-bond donors (Lipinski definition) is 1. The van der Waals surface area contributed by atoms with Crippen molar-refractivity contribution >= 4 is 5.97 Å². The Kier molecular flexibility index (Phi) is 12.8. The number of aliphatic hydroxyl groups is 1. The molecular formula is C25H40O7. The highest BCUT2D eigenvalue weighted by molar-refractivity contribution is 5.89. The number of carbonyl (C=O) groups is 1. The molecule has 0 saturated carbocycles. The molecule has 1 heterocycles. The molecule has 0 spiro atoms. The molecule has 1 aliphatic heterocycles. The van der Waals surface area contributed by atoms with Crippen LogP contribution in [0.5, 0.6) is 0 Å². The first-order valence-corrected chi connectivity index (χ1v) is 12.0. The maximum atomic E-state index is 12.7. The lowest BCUT2D eigenvalue weighted by Gasteiger charge is -2.44. The van der Waals surface area contributed by atoms with E-state index in [0.717, 1.165) is 38.5 Å². The molecule has 1 aromatic rings. The quantitative estimate of drug-likeness (QED) is 0.317. The average molecular weight is 453 g/mol. The van der Waals surface area contributed by atoms with Gasteiger partial charge in [-0.05, 0) is 31.4 Å². The fourth-order valence-corrected chi connectivity index (χ4v) is 3.49. The first-order valence-electron chi connectivity index (χ1n) is 12.0. The van der Waals surface area contributed by atoms with Gasteiger partial charge in [0.05, 0.1) is 12.2 Å². The van der Waals surface area contributed by atoms with Crippen molar-refractivity contribution in [1.82, 2.24) is 0 Å². The van der Waals surface area contributed by atoms with E-state index in [1.807, 2.05) is 6.07 Å². The highest BCUT2D eigenvalue weighted by Crippen LogP contribution is 2.29. The van der Waals surface area contributed by atoms with E-state index in [0.29, 0.717) is 25.4 Å². The lowest BCUT2D eigenvalue weighted by atomic mass is 9.98. The molecule has 1 saturated heterocycles. The Morgan fingerprint density at radius 1 is 0.875 bits per heavy atom. The molecule has 7 nitrogen and oxygen atoms in total. The predicted molar refractivity (Wildman–Crippen MR) is 122 cm³/mol. The van der Waals surface area contributed by atoms with E-state index in [-0.39, 0.29) is 6.61 Å². The Morgan fingerprint density at radius 3 is 2.09 bits per heavy atom. The number of aliphatic hydroxyl groups excluding tert-OH is 1. The van der Waals surface area contributed by atoms with E-state index < -0.39 is 36.7 Å². The molecule has 0 bridgehead atoms. The third-order valence-electron chi connectivity index (χ3n) is 5.40. The van der Waals surface area contributed by atoms with Crippen LogP contribution in [-0.4, -0.2) is 68.2 Å². The minimum absolute atomic E-state index is 0.279. The van der Waals surface area contributed by atoms with Crippen molar-refractivity contribution in [3.63, 3.8) is 0 Å². The maximum absolute atomic E-state index is 12.7. The number of esters is 1. The van der Waals surface area contributed by atoms with Gasteiger partial charge in [0.1, 0.15) is 18.3 Å². The van der Waals surface area contributed by atoms with Gasteiger partial charge in [0, 0.05) is 19.8 Å². The largest absolute Gasteiger partial charge is 0.450 e. The first kappa shape index (κ1) is 26.7. The van der Waals surface area contributed by atoms with Gasteiger partial charge in [-0.1, -0.05) is 58.2 Å². The Labute approximate surface area is 192 Å². The number of hydrogen-bond acceptors (Lipinski definition) is 7. The lowest BCUT2D eigenvalue weighted by molar-refractivity contribution is -0.302. The number of carbonyl (C=O) groups excluding carboxylic acids is 1. The van der Waals surface area contributed by atoms with Gasteiger partial charge in [-0.2, -0.15) is 0 Å². The molecule has 0 amide bonds. The van der Waals surface area contributed by atoms with Crippen molar-refractivity contribution in [3.8, 4) is 0 Å². The minimum atomic E-state index is -1.33. The summed E-state index contributed by atoms with van der Waals surface area (Å²) in [5.74, 6) is -0.535. The summed E-state index contributed by atoms with van der Waals surface area (Å²) in [5, 5.41) is 10.8. The predicted octanol–water partition coefficient (Wildman–Crippen LogP) is 4.12. The monoisotopic (exact) mass is 452 g/mol. The van der Waals surface area contributed by atoms with Gasteiger partial charge in [-0.15, -0.1) is 0 Å². The molecule has 1 fully saturated rings. The molecule has 1 aliphatic rings. The van der Waals surface area contributed by atoms with Crippen LogP contribution in [-0.2, 0) is 23.7 Å². The molecule has 1 N–H and O–H groups in total. The van der Waals surface area contributed by atoms with Crippen LogP contribution in [0.15, 0.2) is 30.3 Å². The fourth-order valence-electron chi connectivity index (χ4n) is 3.49. The van der Waals surface area contributed by atoms with E-state index >= 15 is 0 Å². The van der Waals surface area contributed by atoms with E-state index in [4.69, 9.17) is 23.7 Å². The number of ether oxygens (including phenoxy) is 5. The molecule has 0 aliphatic carbocycles. The van der Waals surface area contributed by atoms with E-state index in [2.05, 4.69) is 20.8 Å². The molecule has 0 aromatic heterocycles. The molecule has 1 aromatic carbocycles. The zero-order valence-corrected chi connectivity index (χ0v) is 19.7. The Bertz CT molecular complexity index is 624. The normalized spacial score (nSPS) is 25.6. The van der Waals surface area contributed by atoms with Crippen molar-refractivity contribution in [2.24, 2.45) is 0 Å². The van der Waals surface area contributed by atoms with Gasteiger partial charge in [-0.3, -0.25) is 0 Å². The van der Waals surface area contributed by atoms with Gasteiger partial charge >= 0.3 is 5.97 Å². The summed E-state index contributed by atoms with van der Waals surface area (Å²) in [7, 11) is 0. The number of unbranched alkanes of at least 4 members (excludes halogenated alkanes) is 3. The van der Waals surface area contributed by atoms with Gasteiger partial charge in [-0.25, -0.2) is 4.79 Å². The van der Waals surface area contributed by atoms with Gasteiger partial charge in [0.25, 0.3) is 0 Å². The molecule has 2 rings (SSSR count). The Morgan fingerprint density at radius 2 is 1.47 bits per heavy atom. The highest BCUT2D eigenvalue weighted by Gasteiger charge is 2.49. The minimum Gasteiger partial charge on any atom is -0.450 e. The standard InChI is InChI=1S/C25H40O7/c1-4-7-15-28-18-20-21(29-16-8-5-2)22(30-17-9-6-3)23(25(27)31-20)32-24(26)19-13-11-10-12-14-19/h10-14,20-23,25,27H,4-9,15-18H2,1-3H3/t20?,21-,22?,23?,25-/m1/s1. The van der Waals surface area contributed by atoms with Crippen molar-refractivity contribution in [2.45, 2.75) is 90.0 Å². The van der Waals surface area contributed by atoms with Crippen molar-refractivity contribution in [3.05, 3.63) is 35.9 Å². The Balaban J connectivity index is 2.18. The van der Waals surface area contributed by atoms with Crippen molar-refractivity contribution in [1.29, 1.82) is 0 Å². The van der Waals surface area contributed by atoms with Crippen LogP contribution in [0.2, 0.25) is 0 Å². The van der Waals surface area contributed by atoms with E-state index in [1.54, 1.807) is 24.3 Å². The first-order chi connectivity index (χ1) is 15.6. The van der Waals surface area contributed by atoms with Crippen molar-refractivity contribution < 1.29 is 33.6 Å². The molecular weight excluding hydrogens is 412 g/mol. The molecule has 32 heavy (non-hydrogen) atoms. The summed E-state index contributed by atoms with van der Waals surface area (Å²) in [6, 6.07) is 8.70. The SMILES string of the molecule is CCCCOCC1O[C@@H](O)C(OC(=O)c2ccccc2)C(OCCCC)[C@@H]1OCCCC. The summed E-state index contributed by atoms with van der Waals surface area (Å²) in [6.07, 6.45) is 1.65. The number of benzene rings is 1. The summed E-state index contributed by atoms with van der Waals surface area (Å²) in [4.78, 5) is 12.7. The summed E-state index contributed by atoms with van der Waals surface area (Å²) < 4.78 is 29.6. The van der Waals surface area contributed by atoms with E-state index in [1.165, 1.54) is 0 Å². The smallest absolute Gasteiger partial charge is 0.338 e. The van der Waals surface area contributed by atoms with E-state index in [9.17, 15) is 9.90 Å². The lowest BCUT2D eigenvalue weighted by Crippen LogP contribution is -2.61.